The highest BCUT2D eigenvalue weighted by Gasteiger charge is 2.22. The number of nitrogens with zero attached hydrogens (tertiary/aromatic N) is 4. The van der Waals surface area contributed by atoms with Gasteiger partial charge in [0.2, 0.25) is 0 Å². The van der Waals surface area contributed by atoms with Crippen molar-refractivity contribution in [2.24, 2.45) is 0 Å². The highest BCUT2D eigenvalue weighted by Crippen LogP contribution is 2.35. The largest absolute Gasteiger partial charge is 0.493 e. The minimum Gasteiger partial charge on any atom is -0.493 e. The maximum Gasteiger partial charge on any atom is 0.280 e. The summed E-state index contributed by atoms with van der Waals surface area (Å²) in [5, 5.41) is 18.1. The van der Waals surface area contributed by atoms with Crippen molar-refractivity contribution in [3.8, 4) is 28.5 Å². The SMILES string of the molecule is COc1ccccc1Oc1cc(NC(=O)c2cnn3c(C(F)F)cc(-c4ccccc4)nc23)cc([N+](=O)[O-])c1. The number of carbonyl (C=O) groups excluding carboxylic acids is 1. The molecule has 10 nitrogen and oxygen atoms in total. The number of non-ortho nitro benzene ring substituents is 1. The number of nitro benzene ring substituents is 1. The molecule has 196 valence electrons. The van der Waals surface area contributed by atoms with Crippen LogP contribution >= 0.6 is 0 Å². The van der Waals surface area contributed by atoms with Gasteiger partial charge in [-0.05, 0) is 18.2 Å². The monoisotopic (exact) mass is 531 g/mol. The lowest BCUT2D eigenvalue weighted by Crippen LogP contribution is -2.13. The van der Waals surface area contributed by atoms with E-state index >= 15 is 0 Å². The Balaban J connectivity index is 1.52. The Morgan fingerprint density at radius 3 is 2.44 bits per heavy atom. The number of hydrogen-bond acceptors (Lipinski definition) is 7. The average molecular weight is 531 g/mol. The van der Waals surface area contributed by atoms with Gasteiger partial charge in [-0.2, -0.15) is 5.10 Å². The first-order valence-electron chi connectivity index (χ1n) is 11.5. The standard InChI is InChI=1S/C27H19F2N5O5/c1-38-23-9-5-6-10-24(23)39-19-12-17(11-18(13-19)34(36)37)31-27(35)20-15-30-33-22(25(28)29)14-21(32-26(20)33)16-7-3-2-4-8-16/h2-15,25H,1H3,(H,31,35). The Kier molecular flexibility index (Phi) is 6.83. The number of halogens is 2. The molecule has 0 spiro atoms. The molecular weight excluding hydrogens is 512 g/mol. The number of carbonyl (C=O) groups is 1. The van der Waals surface area contributed by atoms with E-state index < -0.39 is 22.9 Å². The number of fused-ring (bicyclic) bond motifs is 1. The van der Waals surface area contributed by atoms with E-state index in [0.717, 1.165) is 16.8 Å². The summed E-state index contributed by atoms with van der Waals surface area (Å²) >= 11 is 0. The number of ether oxygens (including phenoxy) is 2. The minimum atomic E-state index is -2.89. The highest BCUT2D eigenvalue weighted by molar-refractivity contribution is 6.08. The van der Waals surface area contributed by atoms with Crippen molar-refractivity contribution in [3.63, 3.8) is 0 Å². The highest BCUT2D eigenvalue weighted by atomic mass is 19.3. The second-order valence-corrected chi connectivity index (χ2v) is 8.21. The normalized spacial score (nSPS) is 11.0. The molecule has 1 amide bonds. The van der Waals surface area contributed by atoms with Crippen LogP contribution in [-0.2, 0) is 0 Å². The molecule has 12 heteroatoms. The van der Waals surface area contributed by atoms with Gasteiger partial charge in [-0.3, -0.25) is 14.9 Å². The van der Waals surface area contributed by atoms with Gasteiger partial charge in [0.1, 0.15) is 17.0 Å². The van der Waals surface area contributed by atoms with Gasteiger partial charge in [0.15, 0.2) is 17.1 Å². The summed E-state index contributed by atoms with van der Waals surface area (Å²) in [6.45, 7) is 0. The molecule has 5 rings (SSSR count). The van der Waals surface area contributed by atoms with Crippen molar-refractivity contribution in [3.05, 3.63) is 106 Å². The van der Waals surface area contributed by atoms with E-state index in [1.54, 1.807) is 54.6 Å². The molecule has 0 aliphatic carbocycles. The summed E-state index contributed by atoms with van der Waals surface area (Å²) in [6, 6.07) is 20.3. The molecule has 0 saturated heterocycles. The third-order valence-electron chi connectivity index (χ3n) is 5.69. The predicted octanol–water partition coefficient (Wildman–Crippen LogP) is 6.30. The zero-order valence-corrected chi connectivity index (χ0v) is 20.2. The molecule has 3 aromatic carbocycles. The van der Waals surface area contributed by atoms with E-state index in [4.69, 9.17) is 9.47 Å². The topological polar surface area (TPSA) is 121 Å². The molecule has 0 aliphatic rings. The third-order valence-corrected chi connectivity index (χ3v) is 5.69. The van der Waals surface area contributed by atoms with Crippen molar-refractivity contribution < 1.29 is 28.0 Å². The molecule has 0 fully saturated rings. The summed E-state index contributed by atoms with van der Waals surface area (Å²) < 4.78 is 39.7. The fourth-order valence-corrected chi connectivity index (χ4v) is 3.91. The number of alkyl halides is 2. The summed E-state index contributed by atoms with van der Waals surface area (Å²) in [6.07, 6.45) is -1.78. The number of aromatic nitrogens is 3. The maximum atomic E-state index is 13.9. The van der Waals surface area contributed by atoms with Crippen molar-refractivity contribution in [1.82, 2.24) is 14.6 Å². The van der Waals surface area contributed by atoms with Gasteiger partial charge in [-0.15, -0.1) is 0 Å². The molecule has 0 aliphatic heterocycles. The van der Waals surface area contributed by atoms with Crippen LogP contribution in [0.3, 0.4) is 0 Å². The number of para-hydroxylation sites is 2. The molecule has 5 aromatic rings. The van der Waals surface area contributed by atoms with Gasteiger partial charge in [-0.25, -0.2) is 18.3 Å². The van der Waals surface area contributed by atoms with Crippen LogP contribution in [0.2, 0.25) is 0 Å². The molecule has 0 bridgehead atoms. The van der Waals surface area contributed by atoms with Crippen molar-refractivity contribution in [1.29, 1.82) is 0 Å². The second kappa shape index (κ2) is 10.5. The van der Waals surface area contributed by atoms with E-state index in [2.05, 4.69) is 15.4 Å². The van der Waals surface area contributed by atoms with Gasteiger partial charge in [0.25, 0.3) is 18.0 Å². The van der Waals surface area contributed by atoms with Gasteiger partial charge in [0, 0.05) is 17.7 Å². The fraction of sp³-hybridized carbons (Fsp3) is 0.0741. The smallest absolute Gasteiger partial charge is 0.280 e. The first kappa shape index (κ1) is 25.3. The van der Waals surface area contributed by atoms with E-state index in [0.29, 0.717) is 17.1 Å². The minimum absolute atomic E-state index is 0.0340. The molecule has 0 unspecified atom stereocenters. The number of nitrogens with one attached hydrogen (secondary N) is 1. The van der Waals surface area contributed by atoms with Crippen molar-refractivity contribution >= 4 is 22.9 Å². The number of anilines is 1. The molecule has 0 atom stereocenters. The lowest BCUT2D eigenvalue weighted by molar-refractivity contribution is -0.384. The van der Waals surface area contributed by atoms with Gasteiger partial charge in [0.05, 0.1) is 35.7 Å². The summed E-state index contributed by atoms with van der Waals surface area (Å²) in [5.74, 6) is 0.00801. The molecule has 2 aromatic heterocycles. The maximum absolute atomic E-state index is 13.9. The van der Waals surface area contributed by atoms with Crippen molar-refractivity contribution in [2.45, 2.75) is 6.43 Å². The predicted molar refractivity (Wildman–Crippen MR) is 137 cm³/mol. The van der Waals surface area contributed by atoms with E-state index in [-0.39, 0.29) is 34.0 Å². The van der Waals surface area contributed by atoms with Crippen molar-refractivity contribution in [2.75, 3.05) is 12.4 Å². The van der Waals surface area contributed by atoms with Crippen LogP contribution in [0.25, 0.3) is 16.9 Å². The first-order valence-corrected chi connectivity index (χ1v) is 11.5. The number of rotatable bonds is 8. The molecule has 0 radical (unpaired) electrons. The molecule has 1 N–H and O–H groups in total. The van der Waals surface area contributed by atoms with Gasteiger partial charge < -0.3 is 14.8 Å². The molecule has 2 heterocycles. The summed E-state index contributed by atoms with van der Waals surface area (Å²) in [7, 11) is 1.45. The fourth-order valence-electron chi connectivity index (χ4n) is 3.91. The number of hydrogen-bond donors (Lipinski definition) is 1. The Hall–Kier alpha value is -5.39. The van der Waals surface area contributed by atoms with Gasteiger partial charge in [-0.1, -0.05) is 42.5 Å². The number of benzene rings is 3. The second-order valence-electron chi connectivity index (χ2n) is 8.21. The van der Waals surface area contributed by atoms with E-state index in [9.17, 15) is 23.7 Å². The first-order chi connectivity index (χ1) is 18.8. The van der Waals surface area contributed by atoms with Crippen LogP contribution in [0.4, 0.5) is 20.2 Å². The van der Waals surface area contributed by atoms with Crippen LogP contribution in [-0.4, -0.2) is 32.5 Å². The molecule has 0 saturated carbocycles. The number of amides is 1. The summed E-state index contributed by atoms with van der Waals surface area (Å²) in [4.78, 5) is 28.6. The Morgan fingerprint density at radius 2 is 1.74 bits per heavy atom. The van der Waals surface area contributed by atoms with E-state index in [1.165, 1.54) is 25.3 Å². The lowest BCUT2D eigenvalue weighted by Gasteiger charge is -2.12. The van der Waals surface area contributed by atoms with Crippen LogP contribution in [0, 0.1) is 10.1 Å². The van der Waals surface area contributed by atoms with Crippen LogP contribution in [0.5, 0.6) is 17.2 Å². The molecular formula is C27H19F2N5O5. The molecule has 39 heavy (non-hydrogen) atoms. The zero-order valence-electron chi connectivity index (χ0n) is 20.2. The Bertz CT molecular complexity index is 1690. The summed E-state index contributed by atoms with van der Waals surface area (Å²) in [5.41, 5.74) is -0.148. The van der Waals surface area contributed by atoms with E-state index in [1.807, 2.05) is 0 Å². The third kappa shape index (κ3) is 5.21. The van der Waals surface area contributed by atoms with Crippen LogP contribution in [0.15, 0.2) is 85.1 Å². The van der Waals surface area contributed by atoms with Crippen LogP contribution in [0.1, 0.15) is 22.5 Å². The number of nitro groups is 1. The lowest BCUT2D eigenvalue weighted by atomic mass is 10.1. The zero-order chi connectivity index (χ0) is 27.5. The Labute approximate surface area is 219 Å². The Morgan fingerprint density at radius 1 is 1.03 bits per heavy atom. The number of methoxy groups -OCH3 is 1. The van der Waals surface area contributed by atoms with Crippen LogP contribution < -0.4 is 14.8 Å². The quantitative estimate of drug-likeness (QED) is 0.184. The van der Waals surface area contributed by atoms with Gasteiger partial charge >= 0.3 is 0 Å². The average Bonchev–Trinajstić information content (AvgIpc) is 3.37.